The zero-order valence-corrected chi connectivity index (χ0v) is 20.3. The molecule has 1 saturated heterocycles. The third-order valence-corrected chi connectivity index (χ3v) is 5.48. The highest BCUT2D eigenvalue weighted by Crippen LogP contribution is 2.28. The highest BCUT2D eigenvalue weighted by Gasteiger charge is 2.25. The van der Waals surface area contributed by atoms with Gasteiger partial charge in [-0.3, -0.25) is 4.98 Å². The Hall–Kier alpha value is -2.86. The molecule has 4 rings (SSSR count). The van der Waals surface area contributed by atoms with Crippen molar-refractivity contribution < 1.29 is 0 Å². The Morgan fingerprint density at radius 2 is 2.06 bits per heavy atom. The number of nitrogen functional groups attached to an aromatic ring is 1. The van der Waals surface area contributed by atoms with Crippen molar-refractivity contribution in [1.82, 2.24) is 20.3 Å². The van der Waals surface area contributed by atoms with Gasteiger partial charge in [0.2, 0.25) is 5.95 Å². The first-order chi connectivity index (χ1) is 15.2. The standard InChI is InChI=1S/C23H28N8.2ClH/c1-2-3-4-8-26-18-7-10-31(15-18)22-21-20(6-5-9-27-21)29-23(30-22)28-19-12-16(14-24)11-17(25)13-19;;/h5-6,9,11-13,18,26H,2-4,7-8,10,15,25H2,1H3,(H,28,29,30);2*1H. The van der Waals surface area contributed by atoms with Crippen molar-refractivity contribution >= 4 is 59.0 Å². The zero-order chi connectivity index (χ0) is 21.6. The topological polar surface area (TPSA) is 116 Å². The maximum absolute atomic E-state index is 9.21. The summed E-state index contributed by atoms with van der Waals surface area (Å²) in [7, 11) is 0. The van der Waals surface area contributed by atoms with E-state index in [1.54, 1.807) is 24.4 Å². The third-order valence-electron chi connectivity index (χ3n) is 5.48. The van der Waals surface area contributed by atoms with E-state index in [2.05, 4.69) is 38.5 Å². The summed E-state index contributed by atoms with van der Waals surface area (Å²) in [5.74, 6) is 1.29. The Kier molecular flexibility index (Phi) is 9.92. The lowest BCUT2D eigenvalue weighted by molar-refractivity contribution is 0.527. The zero-order valence-electron chi connectivity index (χ0n) is 18.6. The quantitative estimate of drug-likeness (QED) is 0.315. The van der Waals surface area contributed by atoms with E-state index in [4.69, 9.17) is 10.7 Å². The monoisotopic (exact) mass is 488 g/mol. The van der Waals surface area contributed by atoms with Crippen LogP contribution in [0.1, 0.15) is 38.2 Å². The maximum atomic E-state index is 9.21. The van der Waals surface area contributed by atoms with Gasteiger partial charge in [-0.25, -0.2) is 4.98 Å². The van der Waals surface area contributed by atoms with Crippen LogP contribution >= 0.6 is 24.8 Å². The minimum absolute atomic E-state index is 0. The Morgan fingerprint density at radius 3 is 2.85 bits per heavy atom. The average molecular weight is 489 g/mol. The first-order valence-electron chi connectivity index (χ1n) is 10.8. The second kappa shape index (κ2) is 12.4. The molecule has 1 atom stereocenters. The van der Waals surface area contributed by atoms with Crippen molar-refractivity contribution in [2.24, 2.45) is 0 Å². The number of hydrogen-bond donors (Lipinski definition) is 3. The van der Waals surface area contributed by atoms with Gasteiger partial charge in [-0.05, 0) is 49.7 Å². The molecule has 10 heteroatoms. The molecule has 3 aromatic rings. The highest BCUT2D eigenvalue weighted by molar-refractivity contribution is 5.87. The summed E-state index contributed by atoms with van der Waals surface area (Å²) in [4.78, 5) is 16.2. The lowest BCUT2D eigenvalue weighted by atomic mass is 10.2. The number of nitrogens with zero attached hydrogens (tertiary/aromatic N) is 5. The molecular formula is C23H30Cl2N8. The minimum atomic E-state index is 0. The number of fused-ring (bicyclic) bond motifs is 1. The number of nitrogens with two attached hydrogens (primary N) is 1. The minimum Gasteiger partial charge on any atom is -0.399 e. The Labute approximate surface area is 206 Å². The number of hydrogen-bond acceptors (Lipinski definition) is 8. The fourth-order valence-corrected chi connectivity index (χ4v) is 3.95. The van der Waals surface area contributed by atoms with Gasteiger partial charge < -0.3 is 21.3 Å². The predicted octanol–water partition coefficient (Wildman–Crippen LogP) is 4.42. The van der Waals surface area contributed by atoms with Crippen LogP contribution in [0.5, 0.6) is 0 Å². The summed E-state index contributed by atoms with van der Waals surface area (Å²) in [5.41, 5.74) is 9.18. The fourth-order valence-electron chi connectivity index (χ4n) is 3.95. The highest BCUT2D eigenvalue weighted by atomic mass is 35.5. The van der Waals surface area contributed by atoms with Crippen LogP contribution in [-0.2, 0) is 0 Å². The number of benzene rings is 1. The molecule has 8 nitrogen and oxygen atoms in total. The molecular weight excluding hydrogens is 459 g/mol. The number of anilines is 4. The molecule has 0 spiro atoms. The van der Waals surface area contributed by atoms with E-state index in [-0.39, 0.29) is 24.8 Å². The molecule has 3 heterocycles. The van der Waals surface area contributed by atoms with Gasteiger partial charge in [0.05, 0.1) is 17.1 Å². The van der Waals surface area contributed by atoms with Crippen molar-refractivity contribution in [3.05, 3.63) is 42.1 Å². The molecule has 0 amide bonds. The van der Waals surface area contributed by atoms with Crippen LogP contribution in [0.3, 0.4) is 0 Å². The largest absolute Gasteiger partial charge is 0.399 e. The summed E-state index contributed by atoms with van der Waals surface area (Å²) in [6.07, 6.45) is 6.56. The van der Waals surface area contributed by atoms with E-state index in [1.807, 2.05) is 12.1 Å². The molecule has 0 saturated carbocycles. The molecule has 1 aliphatic heterocycles. The predicted molar refractivity (Wildman–Crippen MR) is 139 cm³/mol. The van der Waals surface area contributed by atoms with Crippen LogP contribution in [-0.4, -0.2) is 40.6 Å². The number of nitriles is 1. The molecule has 0 radical (unpaired) electrons. The van der Waals surface area contributed by atoms with Crippen molar-refractivity contribution in [3.63, 3.8) is 0 Å². The molecule has 0 aliphatic carbocycles. The summed E-state index contributed by atoms with van der Waals surface area (Å²) in [5, 5.41) is 16.1. The Balaban J connectivity index is 0.00000193. The number of unbranched alkanes of at least 4 members (excludes halogenated alkanes) is 2. The summed E-state index contributed by atoms with van der Waals surface area (Å²) in [6, 6.07) is 11.5. The van der Waals surface area contributed by atoms with Gasteiger partial charge in [0.25, 0.3) is 0 Å². The molecule has 1 aromatic carbocycles. The summed E-state index contributed by atoms with van der Waals surface area (Å²) >= 11 is 0. The number of halogens is 2. The molecule has 4 N–H and O–H groups in total. The fraction of sp³-hybridized carbons (Fsp3) is 0.391. The van der Waals surface area contributed by atoms with Gasteiger partial charge in [0.1, 0.15) is 5.52 Å². The van der Waals surface area contributed by atoms with E-state index in [0.717, 1.165) is 42.9 Å². The molecule has 33 heavy (non-hydrogen) atoms. The normalized spacial score (nSPS) is 14.9. The van der Waals surface area contributed by atoms with Crippen LogP contribution < -0.4 is 21.3 Å². The molecule has 2 aromatic heterocycles. The molecule has 176 valence electrons. The van der Waals surface area contributed by atoms with E-state index in [9.17, 15) is 5.26 Å². The molecule has 1 unspecified atom stereocenters. The van der Waals surface area contributed by atoms with Crippen molar-refractivity contribution in [2.75, 3.05) is 35.6 Å². The van der Waals surface area contributed by atoms with Gasteiger partial charge >= 0.3 is 0 Å². The van der Waals surface area contributed by atoms with Gasteiger partial charge in [-0.2, -0.15) is 10.2 Å². The average Bonchev–Trinajstić information content (AvgIpc) is 3.24. The van der Waals surface area contributed by atoms with E-state index < -0.39 is 0 Å². The first kappa shape index (κ1) is 26.4. The summed E-state index contributed by atoms with van der Waals surface area (Å²) < 4.78 is 0. The second-order valence-corrected chi connectivity index (χ2v) is 7.92. The number of aromatic nitrogens is 3. The van der Waals surface area contributed by atoms with E-state index in [0.29, 0.717) is 28.9 Å². The number of rotatable bonds is 8. The molecule has 1 fully saturated rings. The third kappa shape index (κ3) is 6.57. The lowest BCUT2D eigenvalue weighted by Crippen LogP contribution is -2.33. The Morgan fingerprint density at radius 1 is 1.21 bits per heavy atom. The maximum Gasteiger partial charge on any atom is 0.229 e. The van der Waals surface area contributed by atoms with E-state index in [1.165, 1.54) is 19.3 Å². The summed E-state index contributed by atoms with van der Waals surface area (Å²) in [6.45, 7) is 5.09. The van der Waals surface area contributed by atoms with Crippen molar-refractivity contribution in [1.29, 1.82) is 5.26 Å². The molecule has 0 bridgehead atoms. The molecule has 1 aliphatic rings. The van der Waals surface area contributed by atoms with Crippen molar-refractivity contribution in [2.45, 2.75) is 38.6 Å². The van der Waals surface area contributed by atoms with Gasteiger partial charge in [0, 0.05) is 36.7 Å². The van der Waals surface area contributed by atoms with Crippen LogP contribution in [0.25, 0.3) is 11.0 Å². The first-order valence-corrected chi connectivity index (χ1v) is 10.8. The Bertz CT molecular complexity index is 1100. The number of nitrogens with one attached hydrogen (secondary N) is 2. The smallest absolute Gasteiger partial charge is 0.229 e. The van der Waals surface area contributed by atoms with E-state index >= 15 is 0 Å². The second-order valence-electron chi connectivity index (χ2n) is 7.92. The van der Waals surface area contributed by atoms with Crippen LogP contribution in [0.15, 0.2) is 36.5 Å². The van der Waals surface area contributed by atoms with Crippen LogP contribution in [0.2, 0.25) is 0 Å². The lowest BCUT2D eigenvalue weighted by Gasteiger charge is -2.20. The number of pyridine rings is 1. The van der Waals surface area contributed by atoms with Crippen LogP contribution in [0.4, 0.5) is 23.1 Å². The van der Waals surface area contributed by atoms with Crippen LogP contribution in [0, 0.1) is 11.3 Å². The van der Waals surface area contributed by atoms with Crippen molar-refractivity contribution in [3.8, 4) is 6.07 Å². The van der Waals surface area contributed by atoms with Gasteiger partial charge in [-0.15, -0.1) is 24.8 Å². The SMILES string of the molecule is CCCCCNC1CCN(c2nc(Nc3cc(N)cc(C#N)c3)nc3cccnc23)C1.Cl.Cl. The van der Waals surface area contributed by atoms with Gasteiger partial charge in [-0.1, -0.05) is 19.8 Å². The van der Waals surface area contributed by atoms with Gasteiger partial charge in [0.15, 0.2) is 5.82 Å².